The Kier molecular flexibility index (Phi) is 5.83. The van der Waals surface area contributed by atoms with Crippen molar-refractivity contribution in [2.24, 2.45) is 5.92 Å². The fraction of sp³-hybridized carbons (Fsp3) is 0.364. The highest BCUT2D eigenvalue weighted by atomic mass is 35.5. The van der Waals surface area contributed by atoms with Gasteiger partial charge in [-0.2, -0.15) is 0 Å². The lowest BCUT2D eigenvalue weighted by atomic mass is 9.98. The van der Waals surface area contributed by atoms with Crippen molar-refractivity contribution in [1.82, 2.24) is 14.9 Å². The number of nitrogens with zero attached hydrogens (tertiary/aromatic N) is 3. The van der Waals surface area contributed by atoms with Gasteiger partial charge in [0.15, 0.2) is 0 Å². The molecule has 152 valence electrons. The summed E-state index contributed by atoms with van der Waals surface area (Å²) in [6.07, 6.45) is 3.84. The molecule has 0 aliphatic carbocycles. The zero-order valence-corrected chi connectivity index (χ0v) is 17.3. The number of piperidine rings is 1. The third-order valence-corrected chi connectivity index (χ3v) is 5.72. The van der Waals surface area contributed by atoms with Gasteiger partial charge in [-0.3, -0.25) is 0 Å². The summed E-state index contributed by atoms with van der Waals surface area (Å²) < 4.78 is 19.6. The molecule has 0 bridgehead atoms. The van der Waals surface area contributed by atoms with Gasteiger partial charge in [-0.25, -0.2) is 14.4 Å². The molecular weight excluding hydrogens is 391 g/mol. The summed E-state index contributed by atoms with van der Waals surface area (Å²) in [5, 5.41) is 4.14. The van der Waals surface area contributed by atoms with Crippen molar-refractivity contribution in [3.05, 3.63) is 53.1 Å². The van der Waals surface area contributed by atoms with Crippen LogP contribution in [0.4, 0.5) is 15.9 Å². The number of anilines is 2. The molecule has 5 nitrogen and oxygen atoms in total. The van der Waals surface area contributed by atoms with Crippen molar-refractivity contribution in [1.29, 1.82) is 0 Å². The fourth-order valence-electron chi connectivity index (χ4n) is 3.59. The molecule has 0 radical (unpaired) electrons. The summed E-state index contributed by atoms with van der Waals surface area (Å²) in [5.41, 5.74) is 2.48. The first-order chi connectivity index (χ1) is 14.0. The van der Waals surface area contributed by atoms with Gasteiger partial charge in [-0.1, -0.05) is 11.6 Å². The summed E-state index contributed by atoms with van der Waals surface area (Å²) in [6, 6.07) is 8.48. The summed E-state index contributed by atoms with van der Waals surface area (Å²) in [5.74, 6) is 1.63. The summed E-state index contributed by atoms with van der Waals surface area (Å²) >= 11 is 5.88. The monoisotopic (exact) mass is 414 g/mol. The van der Waals surface area contributed by atoms with E-state index in [1.54, 1.807) is 6.07 Å². The fourth-order valence-corrected chi connectivity index (χ4v) is 3.77. The number of likely N-dealkylation sites (tertiary alicyclic amines) is 1. The Hall–Kier alpha value is -2.44. The average Bonchev–Trinajstić information content (AvgIpc) is 2.71. The number of halogens is 2. The molecule has 1 N–H and O–H groups in total. The lowest BCUT2D eigenvalue weighted by molar-refractivity contribution is 0.159. The molecule has 2 heterocycles. The number of aryl methyl sites for hydroxylation is 1. The van der Waals surface area contributed by atoms with Crippen molar-refractivity contribution < 1.29 is 9.13 Å². The molecule has 7 heteroatoms. The molecule has 0 saturated carbocycles. The van der Waals surface area contributed by atoms with Crippen LogP contribution >= 0.6 is 11.6 Å². The van der Waals surface area contributed by atoms with E-state index in [1.165, 1.54) is 31.3 Å². The molecule has 0 spiro atoms. The zero-order chi connectivity index (χ0) is 20.4. The molecule has 1 aromatic heterocycles. The number of aromatic nitrogens is 2. The van der Waals surface area contributed by atoms with Crippen molar-refractivity contribution in [2.75, 3.05) is 32.1 Å². The van der Waals surface area contributed by atoms with Gasteiger partial charge < -0.3 is 15.0 Å². The van der Waals surface area contributed by atoms with E-state index in [0.29, 0.717) is 17.4 Å². The number of nitrogens with one attached hydrogen (secondary N) is 1. The van der Waals surface area contributed by atoms with Gasteiger partial charge >= 0.3 is 0 Å². The van der Waals surface area contributed by atoms with Crippen molar-refractivity contribution in [3.8, 4) is 5.75 Å². The third-order valence-electron chi connectivity index (χ3n) is 5.43. The Morgan fingerprint density at radius 2 is 2.00 bits per heavy atom. The third kappa shape index (κ3) is 4.60. The Morgan fingerprint density at radius 3 is 2.76 bits per heavy atom. The second-order valence-corrected chi connectivity index (χ2v) is 8.08. The molecular formula is C22H24ClFN4O. The molecule has 4 rings (SSSR count). The smallest absolute Gasteiger partial charge is 0.141 e. The van der Waals surface area contributed by atoms with Crippen LogP contribution in [-0.2, 0) is 0 Å². The SMILES string of the molecule is Cc1cc2c(Nc3ccc(F)c(Cl)c3)ncnc2cc1OCC1CCN(C)CC1. The van der Waals surface area contributed by atoms with Crippen LogP contribution in [0.1, 0.15) is 18.4 Å². The minimum atomic E-state index is -0.452. The van der Waals surface area contributed by atoms with Crippen LogP contribution < -0.4 is 10.1 Å². The van der Waals surface area contributed by atoms with E-state index >= 15 is 0 Å². The molecule has 0 atom stereocenters. The number of hydrogen-bond donors (Lipinski definition) is 1. The van der Waals surface area contributed by atoms with E-state index in [0.717, 1.165) is 41.9 Å². The number of fused-ring (bicyclic) bond motifs is 1. The van der Waals surface area contributed by atoms with Gasteiger partial charge in [0, 0.05) is 17.1 Å². The second-order valence-electron chi connectivity index (χ2n) is 7.67. The van der Waals surface area contributed by atoms with E-state index in [2.05, 4.69) is 27.2 Å². The standard InChI is InChI=1S/C22H24ClFN4O/c1-14-9-17-20(11-21(14)29-12-15-5-7-28(2)8-6-15)25-13-26-22(17)27-16-3-4-19(24)18(23)10-16/h3-4,9-11,13,15H,5-8,12H2,1-2H3,(H,25,26,27). The summed E-state index contributed by atoms with van der Waals surface area (Å²) in [4.78, 5) is 11.1. The van der Waals surface area contributed by atoms with E-state index in [1.807, 2.05) is 19.1 Å². The van der Waals surface area contributed by atoms with Gasteiger partial charge in [0.1, 0.15) is 23.7 Å². The van der Waals surface area contributed by atoms with Gasteiger partial charge in [-0.15, -0.1) is 0 Å². The minimum Gasteiger partial charge on any atom is -0.493 e. The van der Waals surface area contributed by atoms with Crippen LogP contribution in [0, 0.1) is 18.7 Å². The Bertz CT molecular complexity index is 1020. The maximum atomic E-state index is 13.4. The maximum Gasteiger partial charge on any atom is 0.141 e. The topological polar surface area (TPSA) is 50.3 Å². The lowest BCUT2D eigenvalue weighted by Gasteiger charge is -2.28. The molecule has 1 fully saturated rings. The predicted octanol–water partition coefficient (Wildman–Crippen LogP) is 5.19. The van der Waals surface area contributed by atoms with Gasteiger partial charge in [0.25, 0.3) is 0 Å². The van der Waals surface area contributed by atoms with Crippen LogP contribution in [0.3, 0.4) is 0 Å². The normalized spacial score (nSPS) is 15.6. The molecule has 29 heavy (non-hydrogen) atoms. The molecule has 1 aliphatic heterocycles. The molecule has 3 aromatic rings. The Morgan fingerprint density at radius 1 is 1.21 bits per heavy atom. The maximum absolute atomic E-state index is 13.4. The van der Waals surface area contributed by atoms with Crippen LogP contribution in [0.5, 0.6) is 5.75 Å². The molecule has 0 amide bonds. The van der Waals surface area contributed by atoms with Crippen LogP contribution in [0.2, 0.25) is 5.02 Å². The number of ether oxygens (including phenoxy) is 1. The van der Waals surface area contributed by atoms with E-state index in [4.69, 9.17) is 16.3 Å². The minimum absolute atomic E-state index is 0.0640. The Balaban J connectivity index is 1.54. The highest BCUT2D eigenvalue weighted by molar-refractivity contribution is 6.31. The van der Waals surface area contributed by atoms with Crippen LogP contribution in [0.15, 0.2) is 36.7 Å². The average molecular weight is 415 g/mol. The van der Waals surface area contributed by atoms with E-state index < -0.39 is 5.82 Å². The number of hydrogen-bond acceptors (Lipinski definition) is 5. The summed E-state index contributed by atoms with van der Waals surface area (Å²) in [6.45, 7) is 5.00. The molecule has 2 aromatic carbocycles. The molecule has 1 saturated heterocycles. The number of benzene rings is 2. The van der Waals surface area contributed by atoms with Crippen molar-refractivity contribution >= 4 is 34.0 Å². The van der Waals surface area contributed by atoms with Gasteiger partial charge in [-0.05, 0) is 75.6 Å². The lowest BCUT2D eigenvalue weighted by Crippen LogP contribution is -2.32. The highest BCUT2D eigenvalue weighted by Gasteiger charge is 2.18. The van der Waals surface area contributed by atoms with E-state index in [9.17, 15) is 4.39 Å². The van der Waals surface area contributed by atoms with Gasteiger partial charge in [0.2, 0.25) is 0 Å². The van der Waals surface area contributed by atoms with Gasteiger partial charge in [0.05, 0.1) is 17.1 Å². The van der Waals surface area contributed by atoms with Crippen molar-refractivity contribution in [3.63, 3.8) is 0 Å². The van der Waals surface area contributed by atoms with Crippen LogP contribution in [0.25, 0.3) is 10.9 Å². The van der Waals surface area contributed by atoms with E-state index in [-0.39, 0.29) is 5.02 Å². The molecule has 1 aliphatic rings. The number of rotatable bonds is 5. The largest absolute Gasteiger partial charge is 0.493 e. The Labute approximate surface area is 174 Å². The quantitative estimate of drug-likeness (QED) is 0.622. The summed E-state index contributed by atoms with van der Waals surface area (Å²) in [7, 11) is 2.16. The van der Waals surface area contributed by atoms with Crippen LogP contribution in [-0.4, -0.2) is 41.6 Å². The molecule has 0 unspecified atom stereocenters. The highest BCUT2D eigenvalue weighted by Crippen LogP contribution is 2.31. The first-order valence-corrected chi connectivity index (χ1v) is 10.2. The predicted molar refractivity (Wildman–Crippen MR) is 115 cm³/mol. The second kappa shape index (κ2) is 8.51. The van der Waals surface area contributed by atoms with Crippen molar-refractivity contribution in [2.45, 2.75) is 19.8 Å². The zero-order valence-electron chi connectivity index (χ0n) is 16.6. The first kappa shape index (κ1) is 19.9. The first-order valence-electron chi connectivity index (χ1n) is 9.78.